The Morgan fingerprint density at radius 3 is 2.67 bits per heavy atom. The van der Waals surface area contributed by atoms with E-state index < -0.39 is 12.1 Å². The van der Waals surface area contributed by atoms with Gasteiger partial charge in [-0.15, -0.1) is 11.3 Å². The number of ether oxygens (including phenoxy) is 1. The first-order chi connectivity index (χ1) is 10.1. The van der Waals surface area contributed by atoms with E-state index in [0.717, 1.165) is 4.88 Å². The summed E-state index contributed by atoms with van der Waals surface area (Å²) in [4.78, 5) is 25.5. The minimum Gasteiger partial charge on any atom is -0.448 e. The maximum Gasteiger partial charge on any atom is 0.349 e. The molecule has 4 nitrogen and oxygen atoms in total. The Balaban J connectivity index is 1.75. The zero-order valence-electron chi connectivity index (χ0n) is 12.7. The second-order valence-electron chi connectivity index (χ2n) is 5.71. The Kier molecular flexibility index (Phi) is 5.79. The van der Waals surface area contributed by atoms with Crippen molar-refractivity contribution in [1.29, 1.82) is 0 Å². The molecule has 1 N–H and O–H groups in total. The van der Waals surface area contributed by atoms with Crippen LogP contribution in [0.1, 0.15) is 53.6 Å². The van der Waals surface area contributed by atoms with Crippen molar-refractivity contribution in [3.8, 4) is 0 Å². The monoisotopic (exact) mass is 309 g/mol. The standard InChI is InChI=1S/C16H23NO3S/c1-11-8-9-14(21-11)16(19)20-12(2)15(18)17-10-13-6-4-3-5-7-13/h8-9,12-13H,3-7,10H2,1-2H3,(H,17,18)/t12-/m0/s1. The number of hydrogen-bond donors (Lipinski definition) is 1. The maximum atomic E-state index is 12.0. The zero-order valence-corrected chi connectivity index (χ0v) is 13.5. The van der Waals surface area contributed by atoms with Crippen molar-refractivity contribution < 1.29 is 14.3 Å². The van der Waals surface area contributed by atoms with Gasteiger partial charge in [-0.3, -0.25) is 4.79 Å². The summed E-state index contributed by atoms with van der Waals surface area (Å²) in [5.41, 5.74) is 0. The molecule has 1 fully saturated rings. The van der Waals surface area contributed by atoms with Gasteiger partial charge in [0.25, 0.3) is 5.91 Å². The molecule has 1 aromatic rings. The second kappa shape index (κ2) is 7.59. The number of aryl methyl sites for hydroxylation is 1. The Bertz CT molecular complexity index is 491. The smallest absolute Gasteiger partial charge is 0.349 e. The lowest BCUT2D eigenvalue weighted by Gasteiger charge is -2.22. The number of hydrogen-bond acceptors (Lipinski definition) is 4. The summed E-state index contributed by atoms with van der Waals surface area (Å²) in [7, 11) is 0. The van der Waals surface area contributed by atoms with Gasteiger partial charge in [0, 0.05) is 11.4 Å². The van der Waals surface area contributed by atoms with E-state index in [1.165, 1.54) is 43.4 Å². The van der Waals surface area contributed by atoms with Gasteiger partial charge in [-0.1, -0.05) is 19.3 Å². The molecular weight excluding hydrogens is 286 g/mol. The minimum atomic E-state index is -0.747. The molecule has 0 bridgehead atoms. The SMILES string of the molecule is Cc1ccc(C(=O)O[C@@H](C)C(=O)NCC2CCCCC2)s1. The van der Waals surface area contributed by atoms with Gasteiger partial charge in [0.2, 0.25) is 0 Å². The first kappa shape index (κ1) is 16.0. The molecule has 1 aliphatic rings. The molecule has 1 atom stereocenters. The van der Waals surface area contributed by atoms with Crippen LogP contribution >= 0.6 is 11.3 Å². The lowest BCUT2D eigenvalue weighted by atomic mass is 9.89. The minimum absolute atomic E-state index is 0.206. The summed E-state index contributed by atoms with van der Waals surface area (Å²) < 4.78 is 5.21. The van der Waals surface area contributed by atoms with E-state index in [4.69, 9.17) is 4.74 Å². The number of thiophene rings is 1. The van der Waals surface area contributed by atoms with Gasteiger partial charge in [-0.05, 0) is 44.7 Å². The van der Waals surface area contributed by atoms with Crippen LogP contribution in [0.15, 0.2) is 12.1 Å². The predicted octanol–water partition coefficient (Wildman–Crippen LogP) is 3.30. The molecule has 21 heavy (non-hydrogen) atoms. The van der Waals surface area contributed by atoms with Crippen LogP contribution in [0.3, 0.4) is 0 Å². The van der Waals surface area contributed by atoms with E-state index in [1.807, 2.05) is 13.0 Å². The number of rotatable bonds is 5. The highest BCUT2D eigenvalue weighted by atomic mass is 32.1. The van der Waals surface area contributed by atoms with Crippen LogP contribution in [-0.4, -0.2) is 24.5 Å². The number of carbonyl (C=O) groups is 2. The molecule has 1 aromatic heterocycles. The highest BCUT2D eigenvalue weighted by Crippen LogP contribution is 2.22. The topological polar surface area (TPSA) is 55.4 Å². The summed E-state index contributed by atoms with van der Waals surface area (Å²) in [5, 5.41) is 2.90. The zero-order chi connectivity index (χ0) is 15.2. The molecule has 0 aromatic carbocycles. The van der Waals surface area contributed by atoms with Crippen molar-refractivity contribution in [1.82, 2.24) is 5.32 Å². The Morgan fingerprint density at radius 1 is 1.33 bits per heavy atom. The van der Waals surface area contributed by atoms with Gasteiger partial charge in [0.1, 0.15) is 4.88 Å². The van der Waals surface area contributed by atoms with Crippen LogP contribution in [0.5, 0.6) is 0 Å². The van der Waals surface area contributed by atoms with Crippen LogP contribution in [0, 0.1) is 12.8 Å². The molecule has 0 unspecified atom stereocenters. The lowest BCUT2D eigenvalue weighted by molar-refractivity contribution is -0.129. The largest absolute Gasteiger partial charge is 0.448 e. The summed E-state index contributed by atoms with van der Waals surface area (Å²) in [6, 6.07) is 3.60. The molecule has 116 valence electrons. The Hall–Kier alpha value is -1.36. The van der Waals surface area contributed by atoms with Gasteiger partial charge in [0.15, 0.2) is 6.10 Å². The second-order valence-corrected chi connectivity index (χ2v) is 6.99. The highest BCUT2D eigenvalue weighted by Gasteiger charge is 2.21. The third-order valence-electron chi connectivity index (χ3n) is 3.88. The van der Waals surface area contributed by atoms with E-state index in [9.17, 15) is 9.59 Å². The number of amides is 1. The van der Waals surface area contributed by atoms with E-state index >= 15 is 0 Å². The van der Waals surface area contributed by atoms with Gasteiger partial charge >= 0.3 is 5.97 Å². The summed E-state index contributed by atoms with van der Waals surface area (Å²) in [6.45, 7) is 4.25. The first-order valence-corrected chi connectivity index (χ1v) is 8.43. The van der Waals surface area contributed by atoms with E-state index in [-0.39, 0.29) is 5.91 Å². The molecule has 0 spiro atoms. The molecule has 0 aliphatic heterocycles. The van der Waals surface area contributed by atoms with Gasteiger partial charge < -0.3 is 10.1 Å². The molecule has 0 radical (unpaired) electrons. The molecule has 0 saturated heterocycles. The molecule has 1 saturated carbocycles. The fourth-order valence-electron chi connectivity index (χ4n) is 2.60. The lowest BCUT2D eigenvalue weighted by Crippen LogP contribution is -2.38. The fourth-order valence-corrected chi connectivity index (χ4v) is 3.35. The van der Waals surface area contributed by atoms with Crippen molar-refractivity contribution in [2.45, 2.75) is 52.1 Å². The van der Waals surface area contributed by atoms with Crippen molar-refractivity contribution in [2.75, 3.05) is 6.54 Å². The normalized spacial score (nSPS) is 17.2. The molecular formula is C16H23NO3S. The molecule has 2 rings (SSSR count). The van der Waals surface area contributed by atoms with Crippen LogP contribution in [0.4, 0.5) is 0 Å². The number of carbonyl (C=O) groups excluding carboxylic acids is 2. The molecule has 1 aliphatic carbocycles. The van der Waals surface area contributed by atoms with Crippen LogP contribution in [0.2, 0.25) is 0 Å². The highest BCUT2D eigenvalue weighted by molar-refractivity contribution is 7.13. The van der Waals surface area contributed by atoms with Crippen molar-refractivity contribution in [3.63, 3.8) is 0 Å². The first-order valence-electron chi connectivity index (χ1n) is 7.61. The Morgan fingerprint density at radius 2 is 2.05 bits per heavy atom. The van der Waals surface area contributed by atoms with Crippen LogP contribution in [0.25, 0.3) is 0 Å². The van der Waals surface area contributed by atoms with Crippen molar-refractivity contribution in [2.24, 2.45) is 5.92 Å². The Labute approximate surface area is 129 Å². The van der Waals surface area contributed by atoms with Crippen LogP contribution in [-0.2, 0) is 9.53 Å². The van der Waals surface area contributed by atoms with E-state index in [0.29, 0.717) is 17.3 Å². The predicted molar refractivity (Wildman–Crippen MR) is 83.5 cm³/mol. The van der Waals surface area contributed by atoms with Gasteiger partial charge in [-0.25, -0.2) is 4.79 Å². The van der Waals surface area contributed by atoms with Gasteiger partial charge in [-0.2, -0.15) is 0 Å². The average Bonchev–Trinajstić information content (AvgIpc) is 2.92. The van der Waals surface area contributed by atoms with Crippen LogP contribution < -0.4 is 5.32 Å². The van der Waals surface area contributed by atoms with Gasteiger partial charge in [0.05, 0.1) is 0 Å². The summed E-state index contributed by atoms with van der Waals surface area (Å²) in [6.07, 6.45) is 5.43. The number of esters is 1. The third kappa shape index (κ3) is 4.84. The number of nitrogens with one attached hydrogen (secondary N) is 1. The third-order valence-corrected chi connectivity index (χ3v) is 4.87. The average molecular weight is 309 g/mol. The summed E-state index contributed by atoms with van der Waals surface area (Å²) >= 11 is 1.38. The van der Waals surface area contributed by atoms with E-state index in [2.05, 4.69) is 5.32 Å². The van der Waals surface area contributed by atoms with E-state index in [1.54, 1.807) is 13.0 Å². The van der Waals surface area contributed by atoms with Crippen molar-refractivity contribution in [3.05, 3.63) is 21.9 Å². The molecule has 1 heterocycles. The summed E-state index contributed by atoms with van der Waals surface area (Å²) in [5.74, 6) is -0.0545. The molecule has 1 amide bonds. The fraction of sp³-hybridized carbons (Fsp3) is 0.625. The quantitative estimate of drug-likeness (QED) is 0.849. The maximum absolute atomic E-state index is 12.0. The van der Waals surface area contributed by atoms with Crippen molar-refractivity contribution >= 4 is 23.2 Å². The molecule has 5 heteroatoms.